The quantitative estimate of drug-likeness (QED) is 0.750. The molecule has 2 N–H and O–H groups in total. The van der Waals surface area contributed by atoms with Crippen LogP contribution in [0.2, 0.25) is 0 Å². The van der Waals surface area contributed by atoms with E-state index in [1.165, 1.54) is 6.07 Å². The third-order valence-electron chi connectivity index (χ3n) is 2.00. The van der Waals surface area contributed by atoms with Gasteiger partial charge in [-0.3, -0.25) is 4.79 Å². The number of hydrogen-bond donors (Lipinski definition) is 2. The fourth-order valence-electron chi connectivity index (χ4n) is 1.32. The first-order valence-corrected chi connectivity index (χ1v) is 4.99. The van der Waals surface area contributed by atoms with Crippen molar-refractivity contribution in [2.75, 3.05) is 17.2 Å². The van der Waals surface area contributed by atoms with Crippen LogP contribution in [0.25, 0.3) is 0 Å². The number of carbonyl (C=O) groups is 1. The molecule has 0 aliphatic carbocycles. The van der Waals surface area contributed by atoms with E-state index in [2.05, 4.69) is 26.6 Å². The maximum absolute atomic E-state index is 13.1. The summed E-state index contributed by atoms with van der Waals surface area (Å²) in [4.78, 5) is 11.2. The molecule has 1 aromatic rings. The number of carbonyl (C=O) groups excluding carboxylic acids is 1. The normalized spacial score (nSPS) is 15.1. The zero-order chi connectivity index (χ0) is 10.1. The molecule has 1 aliphatic heterocycles. The summed E-state index contributed by atoms with van der Waals surface area (Å²) in [6.45, 7) is 0.566. The second-order valence-electron chi connectivity index (χ2n) is 3.04. The van der Waals surface area contributed by atoms with Crippen molar-refractivity contribution in [2.24, 2.45) is 0 Å². The Morgan fingerprint density at radius 1 is 1.36 bits per heavy atom. The van der Waals surface area contributed by atoms with Crippen LogP contribution in [0.5, 0.6) is 0 Å². The molecule has 0 atom stereocenters. The van der Waals surface area contributed by atoms with E-state index in [1.54, 1.807) is 6.07 Å². The molecule has 0 unspecified atom stereocenters. The van der Waals surface area contributed by atoms with E-state index in [4.69, 9.17) is 0 Å². The number of benzene rings is 1. The van der Waals surface area contributed by atoms with E-state index >= 15 is 0 Å². The largest absolute Gasteiger partial charge is 0.383 e. The van der Waals surface area contributed by atoms with Gasteiger partial charge in [-0.2, -0.15) is 0 Å². The maximum atomic E-state index is 13.1. The fourth-order valence-corrected chi connectivity index (χ4v) is 1.66. The highest BCUT2D eigenvalue weighted by molar-refractivity contribution is 9.10. The number of nitrogens with one attached hydrogen (secondary N) is 2. The van der Waals surface area contributed by atoms with Crippen molar-refractivity contribution < 1.29 is 9.18 Å². The predicted octanol–water partition coefficient (Wildman–Crippen LogP) is 2.34. The summed E-state index contributed by atoms with van der Waals surface area (Å²) in [5.41, 5.74) is 1.23. The zero-order valence-corrected chi connectivity index (χ0v) is 8.82. The van der Waals surface area contributed by atoms with Crippen molar-refractivity contribution in [1.29, 1.82) is 0 Å². The highest BCUT2D eigenvalue weighted by Crippen LogP contribution is 2.30. The van der Waals surface area contributed by atoms with Crippen molar-refractivity contribution in [2.45, 2.75) is 6.42 Å². The standard InChI is InChI=1S/C9H8BrFN2O/c10-5-3-7-8(4-6(5)11)13-9(14)1-2-12-7/h3-4,12H,1-2H2,(H,13,14). The SMILES string of the molecule is O=C1CCNc2cc(Br)c(F)cc2N1. The first-order valence-electron chi connectivity index (χ1n) is 4.19. The molecule has 0 bridgehead atoms. The Morgan fingerprint density at radius 3 is 2.93 bits per heavy atom. The highest BCUT2D eigenvalue weighted by Gasteiger charge is 2.14. The molecule has 0 aromatic heterocycles. The van der Waals surface area contributed by atoms with E-state index in [9.17, 15) is 9.18 Å². The van der Waals surface area contributed by atoms with Crippen molar-refractivity contribution in [3.05, 3.63) is 22.4 Å². The van der Waals surface area contributed by atoms with Gasteiger partial charge in [-0.25, -0.2) is 4.39 Å². The van der Waals surface area contributed by atoms with Gasteiger partial charge in [-0.15, -0.1) is 0 Å². The average Bonchev–Trinajstić information content (AvgIpc) is 2.28. The van der Waals surface area contributed by atoms with Crippen molar-refractivity contribution in [3.8, 4) is 0 Å². The second kappa shape index (κ2) is 3.57. The molecule has 0 fully saturated rings. The van der Waals surface area contributed by atoms with E-state index in [-0.39, 0.29) is 11.7 Å². The highest BCUT2D eigenvalue weighted by atomic mass is 79.9. The lowest BCUT2D eigenvalue weighted by Gasteiger charge is -2.08. The lowest BCUT2D eigenvalue weighted by Crippen LogP contribution is -2.10. The molecule has 74 valence electrons. The van der Waals surface area contributed by atoms with E-state index < -0.39 is 0 Å². The number of rotatable bonds is 0. The molecule has 1 heterocycles. The number of amides is 1. The van der Waals surface area contributed by atoms with Crippen LogP contribution in [-0.2, 0) is 4.79 Å². The van der Waals surface area contributed by atoms with Gasteiger partial charge >= 0.3 is 0 Å². The second-order valence-corrected chi connectivity index (χ2v) is 3.89. The molecule has 5 heteroatoms. The van der Waals surface area contributed by atoms with E-state index in [1.807, 2.05) is 0 Å². The Balaban J connectivity index is 2.46. The van der Waals surface area contributed by atoms with Crippen LogP contribution >= 0.6 is 15.9 Å². The third kappa shape index (κ3) is 1.72. The summed E-state index contributed by atoms with van der Waals surface area (Å²) in [5.74, 6) is -0.481. The summed E-state index contributed by atoms with van der Waals surface area (Å²) in [7, 11) is 0. The van der Waals surface area contributed by atoms with Crippen molar-refractivity contribution in [3.63, 3.8) is 0 Å². The van der Waals surface area contributed by atoms with Gasteiger partial charge in [0.15, 0.2) is 0 Å². The molecule has 1 aromatic carbocycles. The average molecular weight is 259 g/mol. The van der Waals surface area contributed by atoms with Crippen molar-refractivity contribution >= 4 is 33.2 Å². The summed E-state index contributed by atoms with van der Waals surface area (Å²) in [5, 5.41) is 5.67. The molecule has 1 amide bonds. The predicted molar refractivity (Wildman–Crippen MR) is 55.8 cm³/mol. The minimum atomic E-state index is -0.382. The smallest absolute Gasteiger partial charge is 0.226 e. The molecule has 2 rings (SSSR count). The van der Waals surface area contributed by atoms with E-state index in [0.717, 1.165) is 5.69 Å². The fraction of sp³-hybridized carbons (Fsp3) is 0.222. The van der Waals surface area contributed by atoms with E-state index in [0.29, 0.717) is 23.1 Å². The van der Waals surface area contributed by atoms with Crippen LogP contribution in [0.3, 0.4) is 0 Å². The number of fused-ring (bicyclic) bond motifs is 1. The molecule has 1 aliphatic rings. The maximum Gasteiger partial charge on any atom is 0.226 e. The van der Waals surface area contributed by atoms with Gasteiger partial charge in [0, 0.05) is 19.0 Å². The Kier molecular flexibility index (Phi) is 2.41. The molecule has 3 nitrogen and oxygen atoms in total. The van der Waals surface area contributed by atoms with Gasteiger partial charge < -0.3 is 10.6 Å². The molecular weight excluding hydrogens is 251 g/mol. The van der Waals surface area contributed by atoms with Crippen LogP contribution in [-0.4, -0.2) is 12.5 Å². The first-order chi connectivity index (χ1) is 6.66. The van der Waals surface area contributed by atoms with Crippen LogP contribution in [0.1, 0.15) is 6.42 Å². The minimum absolute atomic E-state index is 0.0991. The van der Waals surface area contributed by atoms with Gasteiger partial charge in [-0.1, -0.05) is 0 Å². The number of anilines is 2. The van der Waals surface area contributed by atoms with Crippen LogP contribution in [0.4, 0.5) is 15.8 Å². The number of halogens is 2. The van der Waals surface area contributed by atoms with Gasteiger partial charge in [0.2, 0.25) is 5.91 Å². The minimum Gasteiger partial charge on any atom is -0.383 e. The Hall–Kier alpha value is -1.10. The third-order valence-corrected chi connectivity index (χ3v) is 2.61. The van der Waals surface area contributed by atoms with Gasteiger partial charge in [0.25, 0.3) is 0 Å². The molecule has 14 heavy (non-hydrogen) atoms. The topological polar surface area (TPSA) is 41.1 Å². The van der Waals surface area contributed by atoms with Gasteiger partial charge in [-0.05, 0) is 22.0 Å². The van der Waals surface area contributed by atoms with Gasteiger partial charge in [0.1, 0.15) is 5.82 Å². The molecule has 0 saturated carbocycles. The first kappa shape index (κ1) is 9.45. The van der Waals surface area contributed by atoms with Crippen LogP contribution < -0.4 is 10.6 Å². The summed E-state index contributed by atoms with van der Waals surface area (Å²) >= 11 is 3.09. The molecule has 0 saturated heterocycles. The van der Waals surface area contributed by atoms with Crippen molar-refractivity contribution in [1.82, 2.24) is 0 Å². The van der Waals surface area contributed by atoms with Crippen LogP contribution in [0, 0.1) is 5.82 Å². The summed E-state index contributed by atoms with van der Waals surface area (Å²) in [6.07, 6.45) is 0.397. The Labute approximate surface area is 88.8 Å². The number of hydrogen-bond acceptors (Lipinski definition) is 2. The lowest BCUT2D eigenvalue weighted by molar-refractivity contribution is -0.115. The zero-order valence-electron chi connectivity index (χ0n) is 7.23. The van der Waals surface area contributed by atoms with Crippen LogP contribution in [0.15, 0.2) is 16.6 Å². The lowest BCUT2D eigenvalue weighted by atomic mass is 10.2. The Bertz CT molecular complexity index is 395. The monoisotopic (exact) mass is 258 g/mol. The molecule has 0 radical (unpaired) electrons. The molecule has 0 spiro atoms. The summed E-state index contributed by atoms with van der Waals surface area (Å²) < 4.78 is 13.5. The van der Waals surface area contributed by atoms with Gasteiger partial charge in [0.05, 0.1) is 15.8 Å². The summed E-state index contributed by atoms with van der Waals surface area (Å²) in [6, 6.07) is 2.92. The Morgan fingerprint density at radius 2 is 2.14 bits per heavy atom. The molecular formula is C9H8BrFN2O.